The van der Waals surface area contributed by atoms with Gasteiger partial charge < -0.3 is 9.47 Å². The maximum atomic E-state index is 13.9. The standard InChI is InChI=1S/C31H26Cl2N2O4S/c1-18(2)39-30(37)27-19(3)34-31-35(28(27)23-9-5-6-10-24(23)33)29(36)26(40-31)16-21-8-4-7-11-25(21)38-17-20-12-14-22(32)15-13-20/h4-16,18,28H,17H2,1-3H3. The zero-order valence-corrected chi connectivity index (χ0v) is 24.4. The van der Waals surface area contributed by atoms with E-state index in [2.05, 4.69) is 4.99 Å². The van der Waals surface area contributed by atoms with Crippen LogP contribution in [0.5, 0.6) is 5.75 Å². The Labute approximate surface area is 245 Å². The van der Waals surface area contributed by atoms with Crippen LogP contribution in [-0.4, -0.2) is 16.6 Å². The highest BCUT2D eigenvalue weighted by molar-refractivity contribution is 7.07. The van der Waals surface area contributed by atoms with Gasteiger partial charge in [-0.2, -0.15) is 0 Å². The van der Waals surface area contributed by atoms with Gasteiger partial charge in [0.15, 0.2) is 4.80 Å². The maximum Gasteiger partial charge on any atom is 0.338 e. The number of halogens is 2. The fourth-order valence-corrected chi connectivity index (χ4v) is 5.87. The summed E-state index contributed by atoms with van der Waals surface area (Å²) in [6, 6.07) is 21.3. The zero-order valence-electron chi connectivity index (χ0n) is 22.1. The summed E-state index contributed by atoms with van der Waals surface area (Å²) in [5, 5.41) is 1.10. The van der Waals surface area contributed by atoms with Crippen LogP contribution in [0.2, 0.25) is 10.0 Å². The van der Waals surface area contributed by atoms with Crippen molar-refractivity contribution in [1.82, 2.24) is 4.57 Å². The number of hydrogen-bond donors (Lipinski definition) is 0. The summed E-state index contributed by atoms with van der Waals surface area (Å²) in [6.07, 6.45) is 1.45. The first kappa shape index (κ1) is 27.9. The van der Waals surface area contributed by atoms with Gasteiger partial charge in [-0.3, -0.25) is 9.36 Å². The number of fused-ring (bicyclic) bond motifs is 1. The van der Waals surface area contributed by atoms with Crippen LogP contribution >= 0.6 is 34.5 Å². The minimum Gasteiger partial charge on any atom is -0.488 e. The molecule has 204 valence electrons. The molecule has 0 bridgehead atoms. The Kier molecular flexibility index (Phi) is 8.26. The highest BCUT2D eigenvalue weighted by Crippen LogP contribution is 2.34. The molecule has 9 heteroatoms. The van der Waals surface area contributed by atoms with Gasteiger partial charge >= 0.3 is 5.97 Å². The topological polar surface area (TPSA) is 69.9 Å². The minimum absolute atomic E-state index is 0.285. The lowest BCUT2D eigenvalue weighted by atomic mass is 9.96. The highest BCUT2D eigenvalue weighted by Gasteiger charge is 2.34. The molecule has 40 heavy (non-hydrogen) atoms. The van der Waals surface area contributed by atoms with E-state index in [9.17, 15) is 9.59 Å². The molecule has 0 fully saturated rings. The summed E-state index contributed by atoms with van der Waals surface area (Å²) >= 11 is 13.8. The molecule has 5 rings (SSSR count). The second-order valence-electron chi connectivity index (χ2n) is 9.51. The number of hydrogen-bond acceptors (Lipinski definition) is 6. The van der Waals surface area contributed by atoms with E-state index in [1.54, 1.807) is 39.0 Å². The third-order valence-electron chi connectivity index (χ3n) is 6.30. The lowest BCUT2D eigenvalue weighted by Gasteiger charge is -2.26. The molecule has 0 spiro atoms. The number of ether oxygens (including phenoxy) is 2. The summed E-state index contributed by atoms with van der Waals surface area (Å²) in [7, 11) is 0. The van der Waals surface area contributed by atoms with Gasteiger partial charge in [-0.05, 0) is 62.2 Å². The first-order valence-electron chi connectivity index (χ1n) is 12.7. The van der Waals surface area contributed by atoms with E-state index < -0.39 is 12.0 Å². The van der Waals surface area contributed by atoms with Crippen LogP contribution in [0.15, 0.2) is 93.9 Å². The molecular formula is C31H26Cl2N2O4S. The van der Waals surface area contributed by atoms with Gasteiger partial charge in [0.25, 0.3) is 5.56 Å². The van der Waals surface area contributed by atoms with E-state index in [0.29, 0.717) is 43.0 Å². The SMILES string of the molecule is CC1=C(C(=O)OC(C)C)C(c2ccccc2Cl)n2c(sc(=Cc3ccccc3OCc3ccc(Cl)cc3)c2=O)=N1. The first-order chi connectivity index (χ1) is 19.2. The molecule has 1 aliphatic rings. The van der Waals surface area contributed by atoms with Crippen molar-refractivity contribution in [2.45, 2.75) is 39.5 Å². The van der Waals surface area contributed by atoms with Crippen LogP contribution in [-0.2, 0) is 16.1 Å². The van der Waals surface area contributed by atoms with E-state index in [-0.39, 0.29) is 17.2 Å². The average Bonchev–Trinajstić information content (AvgIpc) is 3.22. The van der Waals surface area contributed by atoms with Gasteiger partial charge in [0.05, 0.1) is 21.9 Å². The number of para-hydroxylation sites is 1. The van der Waals surface area contributed by atoms with Crippen molar-refractivity contribution in [2.24, 2.45) is 4.99 Å². The molecule has 6 nitrogen and oxygen atoms in total. The van der Waals surface area contributed by atoms with Gasteiger partial charge in [0.2, 0.25) is 0 Å². The number of allylic oxidation sites excluding steroid dienone is 1. The van der Waals surface area contributed by atoms with Crippen LogP contribution in [0, 0.1) is 0 Å². The Morgan fingerprint density at radius 3 is 2.48 bits per heavy atom. The molecule has 1 unspecified atom stereocenters. The second-order valence-corrected chi connectivity index (χ2v) is 11.4. The van der Waals surface area contributed by atoms with Crippen molar-refractivity contribution in [2.75, 3.05) is 0 Å². The van der Waals surface area contributed by atoms with Gasteiger partial charge in [0.1, 0.15) is 18.4 Å². The molecule has 1 aliphatic heterocycles. The largest absolute Gasteiger partial charge is 0.488 e. The van der Waals surface area contributed by atoms with Crippen LogP contribution in [0.3, 0.4) is 0 Å². The Balaban J connectivity index is 1.60. The van der Waals surface area contributed by atoms with E-state index in [1.165, 1.54) is 15.9 Å². The van der Waals surface area contributed by atoms with Crippen LogP contribution in [0.1, 0.15) is 43.5 Å². The summed E-state index contributed by atoms with van der Waals surface area (Å²) in [5.41, 5.74) is 2.81. The van der Waals surface area contributed by atoms with Gasteiger partial charge in [-0.25, -0.2) is 9.79 Å². The van der Waals surface area contributed by atoms with E-state index in [1.807, 2.05) is 60.7 Å². The molecule has 1 aromatic heterocycles. The third-order valence-corrected chi connectivity index (χ3v) is 7.88. The number of carbonyl (C=O) groups excluding carboxylic acids is 1. The number of carbonyl (C=O) groups is 1. The summed E-state index contributed by atoms with van der Waals surface area (Å²) in [5.74, 6) is 0.0970. The second kappa shape index (κ2) is 11.8. The average molecular weight is 594 g/mol. The molecule has 4 aromatic rings. The lowest BCUT2D eigenvalue weighted by molar-refractivity contribution is -0.143. The number of rotatable bonds is 7. The van der Waals surface area contributed by atoms with Crippen LogP contribution in [0.4, 0.5) is 0 Å². The monoisotopic (exact) mass is 592 g/mol. The zero-order chi connectivity index (χ0) is 28.4. The number of aromatic nitrogens is 1. The maximum absolute atomic E-state index is 13.9. The Morgan fingerprint density at radius 1 is 1.05 bits per heavy atom. The summed E-state index contributed by atoms with van der Waals surface area (Å²) < 4.78 is 13.6. The number of benzene rings is 3. The molecule has 0 radical (unpaired) electrons. The predicted octanol–water partition coefficient (Wildman–Crippen LogP) is 6.07. The van der Waals surface area contributed by atoms with Gasteiger partial charge in [0, 0.05) is 15.6 Å². The third kappa shape index (κ3) is 5.77. The Hall–Kier alpha value is -3.65. The van der Waals surface area contributed by atoms with Gasteiger partial charge in [-0.1, -0.05) is 83.1 Å². The molecule has 0 aliphatic carbocycles. The Bertz CT molecular complexity index is 1790. The smallest absolute Gasteiger partial charge is 0.338 e. The fourth-order valence-electron chi connectivity index (χ4n) is 4.47. The van der Waals surface area contributed by atoms with E-state index >= 15 is 0 Å². The van der Waals surface area contributed by atoms with Crippen LogP contribution in [0.25, 0.3) is 6.08 Å². The first-order valence-corrected chi connectivity index (χ1v) is 14.2. The van der Waals surface area contributed by atoms with E-state index in [4.69, 9.17) is 32.7 Å². The van der Waals surface area contributed by atoms with Crippen molar-refractivity contribution in [3.8, 4) is 5.75 Å². The fraction of sp³-hybridized carbons (Fsp3) is 0.194. The van der Waals surface area contributed by atoms with Crippen molar-refractivity contribution < 1.29 is 14.3 Å². The lowest BCUT2D eigenvalue weighted by Crippen LogP contribution is -2.40. The van der Waals surface area contributed by atoms with Crippen LogP contribution < -0.4 is 19.6 Å². The number of nitrogens with zero attached hydrogens (tertiary/aromatic N) is 2. The molecule has 0 amide bonds. The van der Waals surface area contributed by atoms with Crippen molar-refractivity contribution in [1.29, 1.82) is 0 Å². The minimum atomic E-state index is -0.783. The van der Waals surface area contributed by atoms with Gasteiger partial charge in [-0.15, -0.1) is 0 Å². The molecular weight excluding hydrogens is 567 g/mol. The Morgan fingerprint density at radius 2 is 1.75 bits per heavy atom. The molecule has 0 N–H and O–H groups in total. The number of esters is 1. The van der Waals surface area contributed by atoms with E-state index in [0.717, 1.165) is 11.1 Å². The molecule has 0 saturated carbocycles. The summed E-state index contributed by atoms with van der Waals surface area (Å²) in [4.78, 5) is 32.3. The van der Waals surface area contributed by atoms with Crippen molar-refractivity contribution in [3.05, 3.63) is 130 Å². The molecule has 0 saturated heterocycles. The molecule has 3 aromatic carbocycles. The predicted molar refractivity (Wildman–Crippen MR) is 159 cm³/mol. The normalized spacial score (nSPS) is 15.2. The molecule has 1 atom stereocenters. The van der Waals surface area contributed by atoms with Crippen molar-refractivity contribution in [3.63, 3.8) is 0 Å². The molecule has 2 heterocycles. The quantitative estimate of drug-likeness (QED) is 0.244. The summed E-state index contributed by atoms with van der Waals surface area (Å²) in [6.45, 7) is 5.65. The number of thiazole rings is 1. The van der Waals surface area contributed by atoms with Crippen molar-refractivity contribution >= 4 is 46.6 Å². The highest BCUT2D eigenvalue weighted by atomic mass is 35.5.